The molecule has 0 saturated heterocycles. The van der Waals surface area contributed by atoms with E-state index in [1.165, 1.54) is 13.2 Å². The zero-order chi connectivity index (χ0) is 20.3. The molecule has 28 heavy (non-hydrogen) atoms. The second-order valence-electron chi connectivity index (χ2n) is 5.84. The standard InChI is InChI=1S/C19H17ClN2O4S2/c1-12-7-8-13(21-19(23)16-9-10-18(20)27-16)11-17(12)28(24,25)22-14-5-3-4-6-15(14)26-2/h3-11,22H,1-2H3,(H,21,23). The fourth-order valence-corrected chi connectivity index (χ4v) is 4.81. The Labute approximate surface area is 172 Å². The third kappa shape index (κ3) is 4.46. The minimum Gasteiger partial charge on any atom is -0.495 e. The van der Waals surface area contributed by atoms with Gasteiger partial charge in [-0.3, -0.25) is 9.52 Å². The van der Waals surface area contributed by atoms with Gasteiger partial charge in [-0.2, -0.15) is 0 Å². The van der Waals surface area contributed by atoms with Crippen molar-refractivity contribution in [2.75, 3.05) is 17.1 Å². The van der Waals surface area contributed by atoms with Crippen molar-refractivity contribution in [3.05, 3.63) is 69.4 Å². The maximum atomic E-state index is 12.9. The summed E-state index contributed by atoms with van der Waals surface area (Å²) in [5.41, 5.74) is 1.23. The molecule has 1 heterocycles. The number of aryl methyl sites for hydroxylation is 1. The van der Waals surface area contributed by atoms with Crippen molar-refractivity contribution in [2.24, 2.45) is 0 Å². The lowest BCUT2D eigenvalue weighted by Gasteiger charge is -2.14. The number of thiophene rings is 1. The van der Waals surface area contributed by atoms with Crippen molar-refractivity contribution in [3.63, 3.8) is 0 Å². The normalized spacial score (nSPS) is 11.1. The average Bonchev–Trinajstić information content (AvgIpc) is 3.10. The predicted molar refractivity (Wildman–Crippen MR) is 112 cm³/mol. The highest BCUT2D eigenvalue weighted by Gasteiger charge is 2.20. The van der Waals surface area contributed by atoms with Crippen LogP contribution in [-0.4, -0.2) is 21.4 Å². The largest absolute Gasteiger partial charge is 0.495 e. The monoisotopic (exact) mass is 436 g/mol. The van der Waals surface area contributed by atoms with Crippen molar-refractivity contribution in [2.45, 2.75) is 11.8 Å². The average molecular weight is 437 g/mol. The highest BCUT2D eigenvalue weighted by molar-refractivity contribution is 7.92. The molecule has 146 valence electrons. The van der Waals surface area contributed by atoms with Crippen LogP contribution >= 0.6 is 22.9 Å². The maximum Gasteiger partial charge on any atom is 0.265 e. The van der Waals surface area contributed by atoms with Crippen molar-refractivity contribution in [3.8, 4) is 5.75 Å². The Balaban J connectivity index is 1.89. The SMILES string of the molecule is COc1ccccc1NS(=O)(=O)c1cc(NC(=O)c2ccc(Cl)s2)ccc1C. The maximum absolute atomic E-state index is 12.9. The van der Waals surface area contributed by atoms with Gasteiger partial charge in [0, 0.05) is 5.69 Å². The summed E-state index contributed by atoms with van der Waals surface area (Å²) >= 11 is 7.00. The Hall–Kier alpha value is -2.55. The molecule has 0 saturated carbocycles. The van der Waals surface area contributed by atoms with E-state index in [0.29, 0.717) is 31.9 Å². The molecule has 1 amide bonds. The molecule has 0 aliphatic heterocycles. The quantitative estimate of drug-likeness (QED) is 0.582. The molecule has 2 aromatic carbocycles. The van der Waals surface area contributed by atoms with Crippen molar-refractivity contribution >= 4 is 50.2 Å². The number of anilines is 2. The Kier molecular flexibility index (Phi) is 5.93. The van der Waals surface area contributed by atoms with Gasteiger partial charge in [0.2, 0.25) is 0 Å². The minimum absolute atomic E-state index is 0.0559. The Morgan fingerprint density at radius 3 is 2.54 bits per heavy atom. The highest BCUT2D eigenvalue weighted by atomic mass is 35.5. The first-order valence-corrected chi connectivity index (χ1v) is 10.8. The van der Waals surface area contributed by atoms with Crippen LogP contribution in [0.15, 0.2) is 59.5 Å². The van der Waals surface area contributed by atoms with Gasteiger partial charge < -0.3 is 10.1 Å². The molecule has 0 aliphatic rings. The molecule has 0 radical (unpaired) electrons. The number of para-hydroxylation sites is 2. The number of carbonyl (C=O) groups is 1. The van der Waals surface area contributed by atoms with Gasteiger partial charge in [0.15, 0.2) is 0 Å². The molecule has 2 N–H and O–H groups in total. The van der Waals surface area contributed by atoms with Gasteiger partial charge in [0.25, 0.3) is 15.9 Å². The smallest absolute Gasteiger partial charge is 0.265 e. The Morgan fingerprint density at radius 1 is 1.11 bits per heavy atom. The van der Waals surface area contributed by atoms with Gasteiger partial charge in [0.05, 0.1) is 26.9 Å². The van der Waals surface area contributed by atoms with Crippen LogP contribution in [0.1, 0.15) is 15.2 Å². The van der Waals surface area contributed by atoms with Crippen LogP contribution in [0.5, 0.6) is 5.75 Å². The zero-order valence-electron chi connectivity index (χ0n) is 15.0. The molecule has 0 atom stereocenters. The summed E-state index contributed by atoms with van der Waals surface area (Å²) in [7, 11) is -2.43. The van der Waals surface area contributed by atoms with Crippen LogP contribution in [0, 0.1) is 6.92 Å². The molecule has 6 nitrogen and oxygen atoms in total. The third-order valence-corrected chi connectivity index (χ3v) is 6.62. The molecule has 1 aromatic heterocycles. The van der Waals surface area contributed by atoms with E-state index in [4.69, 9.17) is 16.3 Å². The van der Waals surface area contributed by atoms with Crippen LogP contribution in [0.25, 0.3) is 0 Å². The number of carbonyl (C=O) groups excluding carboxylic acids is 1. The Bertz CT molecular complexity index is 1130. The first-order valence-electron chi connectivity index (χ1n) is 8.13. The van der Waals surface area contributed by atoms with Crippen LogP contribution in [0.3, 0.4) is 0 Å². The molecule has 3 rings (SSSR count). The van der Waals surface area contributed by atoms with Crippen LogP contribution in [0.2, 0.25) is 4.34 Å². The second kappa shape index (κ2) is 8.22. The fourth-order valence-electron chi connectivity index (χ4n) is 2.53. The summed E-state index contributed by atoms with van der Waals surface area (Å²) in [6.45, 7) is 1.68. The summed E-state index contributed by atoms with van der Waals surface area (Å²) in [5, 5.41) is 2.69. The first-order chi connectivity index (χ1) is 13.3. The van der Waals surface area contributed by atoms with E-state index in [9.17, 15) is 13.2 Å². The lowest BCUT2D eigenvalue weighted by atomic mass is 10.2. The summed E-state index contributed by atoms with van der Waals surface area (Å²) in [6, 6.07) is 14.6. The van der Waals surface area contributed by atoms with Gasteiger partial charge in [-0.05, 0) is 48.9 Å². The lowest BCUT2D eigenvalue weighted by Crippen LogP contribution is -2.16. The van der Waals surface area contributed by atoms with Gasteiger partial charge in [-0.25, -0.2) is 8.42 Å². The number of halogens is 1. The summed E-state index contributed by atoms with van der Waals surface area (Å²) in [5.74, 6) is 0.0459. The molecule has 9 heteroatoms. The molecular weight excluding hydrogens is 420 g/mol. The summed E-state index contributed by atoms with van der Waals surface area (Å²) in [6.07, 6.45) is 0. The number of ether oxygens (including phenoxy) is 1. The van der Waals surface area contributed by atoms with Crippen LogP contribution in [0.4, 0.5) is 11.4 Å². The number of nitrogens with one attached hydrogen (secondary N) is 2. The van der Waals surface area contributed by atoms with E-state index in [0.717, 1.165) is 11.3 Å². The van der Waals surface area contributed by atoms with Crippen molar-refractivity contribution < 1.29 is 17.9 Å². The predicted octanol–water partition coefficient (Wildman–Crippen LogP) is 4.77. The van der Waals surface area contributed by atoms with E-state index in [1.807, 2.05) is 0 Å². The summed E-state index contributed by atoms with van der Waals surface area (Å²) in [4.78, 5) is 12.8. The molecular formula is C19H17ClN2O4S2. The molecule has 0 bridgehead atoms. The summed E-state index contributed by atoms with van der Waals surface area (Å²) < 4.78 is 34.0. The zero-order valence-corrected chi connectivity index (χ0v) is 17.4. The highest BCUT2D eigenvalue weighted by Crippen LogP contribution is 2.29. The fraction of sp³-hybridized carbons (Fsp3) is 0.105. The molecule has 0 aliphatic carbocycles. The second-order valence-corrected chi connectivity index (χ2v) is 9.21. The topological polar surface area (TPSA) is 84.5 Å². The molecule has 3 aromatic rings. The number of amides is 1. The number of hydrogen-bond donors (Lipinski definition) is 2. The van der Waals surface area contributed by atoms with E-state index in [-0.39, 0.29) is 10.8 Å². The lowest BCUT2D eigenvalue weighted by molar-refractivity contribution is 0.103. The number of benzene rings is 2. The minimum atomic E-state index is -3.90. The van der Waals surface area contributed by atoms with Crippen LogP contribution < -0.4 is 14.8 Å². The number of rotatable bonds is 6. The van der Waals surface area contributed by atoms with Gasteiger partial charge in [-0.15, -0.1) is 11.3 Å². The van der Waals surface area contributed by atoms with Crippen molar-refractivity contribution in [1.82, 2.24) is 0 Å². The molecule has 0 spiro atoms. The molecule has 0 fully saturated rings. The van der Waals surface area contributed by atoms with E-state index < -0.39 is 10.0 Å². The van der Waals surface area contributed by atoms with E-state index >= 15 is 0 Å². The van der Waals surface area contributed by atoms with Gasteiger partial charge >= 0.3 is 0 Å². The first kappa shape index (κ1) is 20.2. The van der Waals surface area contributed by atoms with E-state index in [1.54, 1.807) is 55.5 Å². The van der Waals surface area contributed by atoms with Gasteiger partial charge in [-0.1, -0.05) is 29.8 Å². The van der Waals surface area contributed by atoms with Gasteiger partial charge in [0.1, 0.15) is 5.75 Å². The number of hydrogen-bond acceptors (Lipinski definition) is 5. The Morgan fingerprint density at radius 2 is 1.86 bits per heavy atom. The van der Waals surface area contributed by atoms with E-state index in [2.05, 4.69) is 10.0 Å². The van der Waals surface area contributed by atoms with Crippen molar-refractivity contribution in [1.29, 1.82) is 0 Å². The van der Waals surface area contributed by atoms with Crippen LogP contribution in [-0.2, 0) is 10.0 Å². The number of methoxy groups -OCH3 is 1. The molecule has 0 unspecified atom stereocenters. The third-order valence-electron chi connectivity index (χ3n) is 3.88. The number of sulfonamides is 1.